The van der Waals surface area contributed by atoms with Crippen LogP contribution in [0.2, 0.25) is 0 Å². The molecule has 13 heavy (non-hydrogen) atoms. The van der Waals surface area contributed by atoms with Gasteiger partial charge in [-0.25, -0.2) is 4.79 Å². The lowest BCUT2D eigenvalue weighted by atomic mass is 10.2. The average molecular weight is 182 g/mol. The first-order chi connectivity index (χ1) is 6.17. The van der Waals surface area contributed by atoms with Gasteiger partial charge in [0.1, 0.15) is 0 Å². The number of esters is 1. The highest BCUT2D eigenvalue weighted by Gasteiger charge is 2.06. The van der Waals surface area contributed by atoms with E-state index in [9.17, 15) is 9.59 Å². The molecule has 1 aromatic heterocycles. The van der Waals surface area contributed by atoms with Crippen molar-refractivity contribution in [3.05, 3.63) is 33.7 Å². The van der Waals surface area contributed by atoms with Gasteiger partial charge in [0.2, 0.25) is 5.56 Å². The van der Waals surface area contributed by atoms with Crippen molar-refractivity contribution < 1.29 is 9.53 Å². The Morgan fingerprint density at radius 1 is 1.62 bits per heavy atom. The number of rotatable bonds is 2. The van der Waals surface area contributed by atoms with Gasteiger partial charge in [-0.1, -0.05) is 0 Å². The highest BCUT2D eigenvalue weighted by molar-refractivity contribution is 5.89. The standard InChI is InChI=1S/C8H10N2O3/c1-13-8(12)5-2-6(4-9)10-7(11)3-5/h2-3H,4,9H2,1H3,(H,10,11). The Labute approximate surface area is 74.5 Å². The molecule has 3 N–H and O–H groups in total. The summed E-state index contributed by atoms with van der Waals surface area (Å²) >= 11 is 0. The lowest BCUT2D eigenvalue weighted by Gasteiger charge is -2.00. The van der Waals surface area contributed by atoms with Crippen LogP contribution >= 0.6 is 0 Å². The van der Waals surface area contributed by atoms with E-state index in [1.54, 1.807) is 0 Å². The van der Waals surface area contributed by atoms with Gasteiger partial charge in [-0.2, -0.15) is 0 Å². The number of hydrogen-bond donors (Lipinski definition) is 2. The zero-order chi connectivity index (χ0) is 9.84. The maximum atomic E-state index is 11.0. The van der Waals surface area contributed by atoms with Gasteiger partial charge in [-0.05, 0) is 6.07 Å². The van der Waals surface area contributed by atoms with Crippen molar-refractivity contribution in [3.8, 4) is 0 Å². The van der Waals surface area contributed by atoms with Gasteiger partial charge < -0.3 is 15.5 Å². The molecule has 0 saturated carbocycles. The molecule has 0 fully saturated rings. The molecular formula is C8H10N2O3. The molecular weight excluding hydrogens is 172 g/mol. The first-order valence-corrected chi connectivity index (χ1v) is 3.69. The predicted molar refractivity (Wildman–Crippen MR) is 46.3 cm³/mol. The van der Waals surface area contributed by atoms with E-state index in [0.29, 0.717) is 5.69 Å². The second-order valence-electron chi connectivity index (χ2n) is 2.45. The lowest BCUT2D eigenvalue weighted by Crippen LogP contribution is -2.15. The van der Waals surface area contributed by atoms with Gasteiger partial charge in [0.25, 0.3) is 0 Å². The third-order valence-electron chi connectivity index (χ3n) is 1.54. The Bertz CT molecular complexity index is 370. The molecule has 5 heteroatoms. The summed E-state index contributed by atoms with van der Waals surface area (Å²) in [7, 11) is 1.26. The van der Waals surface area contributed by atoms with Crippen molar-refractivity contribution in [2.24, 2.45) is 5.73 Å². The Kier molecular flexibility index (Phi) is 2.81. The largest absolute Gasteiger partial charge is 0.465 e. The highest BCUT2D eigenvalue weighted by atomic mass is 16.5. The zero-order valence-electron chi connectivity index (χ0n) is 7.16. The summed E-state index contributed by atoms with van der Waals surface area (Å²) in [5.41, 5.74) is 5.67. The Morgan fingerprint density at radius 3 is 2.85 bits per heavy atom. The fourth-order valence-corrected chi connectivity index (χ4v) is 0.947. The maximum Gasteiger partial charge on any atom is 0.338 e. The van der Waals surface area contributed by atoms with Crippen LogP contribution in [0.5, 0.6) is 0 Å². The maximum absolute atomic E-state index is 11.0. The van der Waals surface area contributed by atoms with Crippen LogP contribution in [0.4, 0.5) is 0 Å². The normalized spacial score (nSPS) is 9.69. The molecule has 0 aliphatic rings. The summed E-state index contributed by atoms with van der Waals surface area (Å²) in [6, 6.07) is 2.66. The predicted octanol–water partition coefficient (Wildman–Crippen LogP) is -0.380. The second-order valence-corrected chi connectivity index (χ2v) is 2.45. The van der Waals surface area contributed by atoms with E-state index in [0.717, 1.165) is 0 Å². The number of aromatic amines is 1. The monoisotopic (exact) mass is 182 g/mol. The Hall–Kier alpha value is -1.62. The first kappa shape index (κ1) is 9.47. The van der Waals surface area contributed by atoms with Crippen LogP contribution in [0.3, 0.4) is 0 Å². The van der Waals surface area contributed by atoms with Crippen LogP contribution < -0.4 is 11.3 Å². The van der Waals surface area contributed by atoms with E-state index in [1.807, 2.05) is 0 Å². The molecule has 0 saturated heterocycles. The minimum Gasteiger partial charge on any atom is -0.465 e. The minimum absolute atomic E-state index is 0.181. The second kappa shape index (κ2) is 3.86. The fraction of sp³-hybridized carbons (Fsp3) is 0.250. The van der Waals surface area contributed by atoms with Gasteiger partial charge in [-0.15, -0.1) is 0 Å². The smallest absolute Gasteiger partial charge is 0.338 e. The number of pyridine rings is 1. The summed E-state index contributed by atoms with van der Waals surface area (Å²) < 4.78 is 4.46. The van der Waals surface area contributed by atoms with E-state index in [4.69, 9.17) is 5.73 Å². The molecule has 1 heterocycles. The molecule has 0 atom stereocenters. The van der Waals surface area contributed by atoms with Crippen LogP contribution in [-0.2, 0) is 11.3 Å². The quantitative estimate of drug-likeness (QED) is 0.610. The van der Waals surface area contributed by atoms with Crippen LogP contribution in [-0.4, -0.2) is 18.1 Å². The molecule has 0 aromatic carbocycles. The molecule has 0 bridgehead atoms. The van der Waals surface area contributed by atoms with Crippen molar-refractivity contribution in [1.82, 2.24) is 4.98 Å². The molecule has 1 aromatic rings. The number of hydrogen-bond acceptors (Lipinski definition) is 4. The van der Waals surface area contributed by atoms with Crippen LogP contribution in [0, 0.1) is 0 Å². The number of H-pyrrole nitrogens is 1. The molecule has 0 unspecified atom stereocenters. The average Bonchev–Trinajstić information content (AvgIpc) is 2.15. The van der Waals surface area contributed by atoms with E-state index in [2.05, 4.69) is 9.72 Å². The van der Waals surface area contributed by atoms with Crippen molar-refractivity contribution in [3.63, 3.8) is 0 Å². The minimum atomic E-state index is -0.541. The summed E-state index contributed by atoms with van der Waals surface area (Å²) in [6.07, 6.45) is 0. The van der Waals surface area contributed by atoms with Gasteiger partial charge >= 0.3 is 5.97 Å². The number of carbonyl (C=O) groups is 1. The zero-order valence-corrected chi connectivity index (χ0v) is 7.16. The molecule has 0 spiro atoms. The summed E-state index contributed by atoms with van der Waals surface area (Å²) in [4.78, 5) is 24.5. The summed E-state index contributed by atoms with van der Waals surface area (Å²) in [5, 5.41) is 0. The van der Waals surface area contributed by atoms with Crippen molar-refractivity contribution in [2.75, 3.05) is 7.11 Å². The van der Waals surface area contributed by atoms with Gasteiger partial charge in [0, 0.05) is 18.3 Å². The third-order valence-corrected chi connectivity index (χ3v) is 1.54. The number of ether oxygens (including phenoxy) is 1. The van der Waals surface area contributed by atoms with Gasteiger partial charge in [0.05, 0.1) is 12.7 Å². The SMILES string of the molecule is COC(=O)c1cc(CN)[nH]c(=O)c1. The number of nitrogens with one attached hydrogen (secondary N) is 1. The van der Waals surface area contributed by atoms with E-state index >= 15 is 0 Å². The molecule has 5 nitrogen and oxygen atoms in total. The van der Waals surface area contributed by atoms with Crippen molar-refractivity contribution >= 4 is 5.97 Å². The van der Waals surface area contributed by atoms with Gasteiger partial charge in [-0.3, -0.25) is 4.79 Å². The Balaban J connectivity index is 3.16. The molecule has 0 aliphatic heterocycles. The third kappa shape index (κ3) is 2.16. The van der Waals surface area contributed by atoms with Crippen molar-refractivity contribution in [1.29, 1.82) is 0 Å². The first-order valence-electron chi connectivity index (χ1n) is 3.69. The Morgan fingerprint density at radius 2 is 2.31 bits per heavy atom. The molecule has 0 radical (unpaired) electrons. The highest BCUT2D eigenvalue weighted by Crippen LogP contribution is 1.99. The molecule has 0 aliphatic carbocycles. The molecule has 70 valence electrons. The van der Waals surface area contributed by atoms with E-state index in [1.165, 1.54) is 19.2 Å². The lowest BCUT2D eigenvalue weighted by molar-refractivity contribution is 0.0600. The fourth-order valence-electron chi connectivity index (χ4n) is 0.947. The number of aromatic nitrogens is 1. The number of methoxy groups -OCH3 is 1. The van der Waals surface area contributed by atoms with Crippen LogP contribution in [0.15, 0.2) is 16.9 Å². The molecule has 1 rings (SSSR count). The number of nitrogens with two attached hydrogens (primary N) is 1. The number of carbonyl (C=O) groups excluding carboxylic acids is 1. The van der Waals surface area contributed by atoms with Crippen LogP contribution in [0.25, 0.3) is 0 Å². The summed E-state index contributed by atoms with van der Waals surface area (Å²) in [6.45, 7) is 0.181. The van der Waals surface area contributed by atoms with Crippen molar-refractivity contribution in [2.45, 2.75) is 6.54 Å². The van der Waals surface area contributed by atoms with E-state index in [-0.39, 0.29) is 17.7 Å². The van der Waals surface area contributed by atoms with E-state index < -0.39 is 5.97 Å². The molecule has 0 amide bonds. The summed E-state index contributed by atoms with van der Waals surface area (Å²) in [5.74, 6) is -0.541. The van der Waals surface area contributed by atoms with Gasteiger partial charge in [0.15, 0.2) is 0 Å². The topological polar surface area (TPSA) is 85.2 Å². The van der Waals surface area contributed by atoms with Crippen LogP contribution in [0.1, 0.15) is 16.1 Å².